The van der Waals surface area contributed by atoms with Gasteiger partial charge in [0.1, 0.15) is 5.82 Å². The lowest BCUT2D eigenvalue weighted by atomic mass is 10.1. The van der Waals surface area contributed by atoms with Crippen molar-refractivity contribution in [3.05, 3.63) is 65.6 Å². The second kappa shape index (κ2) is 7.78. The molecule has 0 fully saturated rings. The van der Waals surface area contributed by atoms with Gasteiger partial charge in [0.15, 0.2) is 17.3 Å². The topological polar surface area (TPSA) is 98.2 Å². The van der Waals surface area contributed by atoms with Crippen molar-refractivity contribution in [3.8, 4) is 11.5 Å². The van der Waals surface area contributed by atoms with Crippen LogP contribution in [0.15, 0.2) is 47.1 Å². The highest BCUT2D eigenvalue weighted by molar-refractivity contribution is 5.78. The van der Waals surface area contributed by atoms with Gasteiger partial charge in [0.2, 0.25) is 5.91 Å². The first kappa shape index (κ1) is 18.7. The highest BCUT2D eigenvalue weighted by Gasteiger charge is 2.14. The summed E-state index contributed by atoms with van der Waals surface area (Å²) < 4.78 is 20.0. The zero-order chi connectivity index (χ0) is 20.4. The summed E-state index contributed by atoms with van der Waals surface area (Å²) in [5.41, 5.74) is 2.09. The van der Waals surface area contributed by atoms with Crippen molar-refractivity contribution >= 4 is 11.6 Å². The number of nitrogens with one attached hydrogen (secondary N) is 1. The molecule has 0 radical (unpaired) electrons. The van der Waals surface area contributed by atoms with Crippen molar-refractivity contribution in [3.63, 3.8) is 0 Å². The van der Waals surface area contributed by atoms with E-state index in [9.17, 15) is 9.18 Å². The number of carbonyl (C=O) groups is 1. The minimum atomic E-state index is -0.329. The number of hydrogen-bond donors (Lipinski definition) is 1. The minimum absolute atomic E-state index is 0.163. The smallest absolute Gasteiger partial charge is 0.258 e. The largest absolute Gasteiger partial charge is 0.348 e. The fourth-order valence-electron chi connectivity index (χ4n) is 2.81. The Morgan fingerprint density at radius 3 is 2.72 bits per heavy atom. The molecule has 3 heterocycles. The third-order valence-corrected chi connectivity index (χ3v) is 4.41. The maximum absolute atomic E-state index is 12.9. The van der Waals surface area contributed by atoms with E-state index in [-0.39, 0.29) is 30.6 Å². The van der Waals surface area contributed by atoms with Gasteiger partial charge in [-0.05, 0) is 29.8 Å². The van der Waals surface area contributed by atoms with Crippen LogP contribution in [0.4, 0.5) is 4.39 Å². The van der Waals surface area contributed by atoms with Gasteiger partial charge in [-0.3, -0.25) is 9.20 Å². The molecule has 1 aromatic carbocycles. The molecule has 8 nitrogen and oxygen atoms in total. The number of rotatable bonds is 6. The van der Waals surface area contributed by atoms with Crippen LogP contribution in [0.1, 0.15) is 37.0 Å². The van der Waals surface area contributed by atoms with Crippen molar-refractivity contribution in [2.45, 2.75) is 32.7 Å². The summed E-state index contributed by atoms with van der Waals surface area (Å²) in [5.74, 6) is 1.32. The first-order chi connectivity index (χ1) is 14.0. The van der Waals surface area contributed by atoms with E-state index in [0.29, 0.717) is 23.2 Å². The number of benzene rings is 1. The third kappa shape index (κ3) is 4.13. The van der Waals surface area contributed by atoms with Crippen LogP contribution in [0.2, 0.25) is 0 Å². The second-order valence-corrected chi connectivity index (χ2v) is 6.95. The Balaban J connectivity index is 1.44. The Morgan fingerprint density at radius 1 is 1.21 bits per heavy atom. The normalized spacial score (nSPS) is 11.3. The van der Waals surface area contributed by atoms with E-state index in [2.05, 4.69) is 25.7 Å². The zero-order valence-corrected chi connectivity index (χ0v) is 16.0. The van der Waals surface area contributed by atoms with E-state index >= 15 is 0 Å². The maximum Gasteiger partial charge on any atom is 0.258 e. The van der Waals surface area contributed by atoms with Gasteiger partial charge in [0, 0.05) is 17.7 Å². The maximum atomic E-state index is 12.9. The monoisotopic (exact) mass is 394 g/mol. The van der Waals surface area contributed by atoms with Crippen LogP contribution in [0, 0.1) is 5.82 Å². The van der Waals surface area contributed by atoms with Gasteiger partial charge in [-0.2, -0.15) is 4.98 Å². The molecular formula is C20H19FN6O2. The van der Waals surface area contributed by atoms with Crippen molar-refractivity contribution in [1.82, 2.24) is 30.1 Å². The molecule has 1 amide bonds. The first-order valence-corrected chi connectivity index (χ1v) is 9.18. The first-order valence-electron chi connectivity index (χ1n) is 9.18. The minimum Gasteiger partial charge on any atom is -0.348 e. The van der Waals surface area contributed by atoms with Crippen LogP contribution in [0.5, 0.6) is 0 Å². The predicted molar refractivity (Wildman–Crippen MR) is 102 cm³/mol. The Kier molecular flexibility index (Phi) is 5.03. The van der Waals surface area contributed by atoms with E-state index in [1.807, 2.05) is 19.9 Å². The zero-order valence-electron chi connectivity index (χ0n) is 16.0. The van der Waals surface area contributed by atoms with Gasteiger partial charge < -0.3 is 9.84 Å². The lowest BCUT2D eigenvalue weighted by molar-refractivity contribution is -0.120. The molecule has 3 aromatic heterocycles. The lowest BCUT2D eigenvalue weighted by Gasteiger charge is -2.05. The predicted octanol–water partition coefficient (Wildman–Crippen LogP) is 2.90. The Bertz CT molecular complexity index is 1150. The number of fused-ring (bicyclic) bond motifs is 1. The van der Waals surface area contributed by atoms with Gasteiger partial charge in [-0.1, -0.05) is 31.1 Å². The average molecular weight is 394 g/mol. The fraction of sp³-hybridized carbons (Fsp3) is 0.250. The fourth-order valence-corrected chi connectivity index (χ4v) is 2.81. The average Bonchev–Trinajstić information content (AvgIpc) is 3.35. The number of pyridine rings is 1. The van der Waals surface area contributed by atoms with E-state index in [4.69, 9.17) is 4.52 Å². The van der Waals surface area contributed by atoms with Crippen LogP contribution in [-0.2, 0) is 17.8 Å². The molecule has 4 aromatic rings. The highest BCUT2D eigenvalue weighted by Crippen LogP contribution is 2.21. The molecule has 0 aliphatic carbocycles. The number of amides is 1. The molecule has 9 heteroatoms. The SMILES string of the molecule is CC(C)c1noc(-c2ccn3c(CNC(=O)Cc4ccc(F)cc4)nnc3c2)n1. The van der Waals surface area contributed by atoms with Gasteiger partial charge in [-0.25, -0.2) is 4.39 Å². The van der Waals surface area contributed by atoms with Crippen LogP contribution >= 0.6 is 0 Å². The molecule has 0 spiro atoms. The standard InChI is InChI=1S/C20H19FN6O2/c1-12(2)19-23-20(29-26-19)14-7-8-27-16(10-14)24-25-17(27)11-22-18(28)9-13-3-5-15(21)6-4-13/h3-8,10,12H,9,11H2,1-2H3,(H,22,28). The summed E-state index contributed by atoms with van der Waals surface area (Å²) >= 11 is 0. The van der Waals surface area contributed by atoms with Crippen molar-refractivity contribution in [2.75, 3.05) is 0 Å². The number of nitrogens with zero attached hydrogens (tertiary/aromatic N) is 5. The van der Waals surface area contributed by atoms with Crippen molar-refractivity contribution in [1.29, 1.82) is 0 Å². The van der Waals surface area contributed by atoms with E-state index in [0.717, 1.165) is 11.1 Å². The highest BCUT2D eigenvalue weighted by atomic mass is 19.1. The molecule has 0 bridgehead atoms. The van der Waals surface area contributed by atoms with Crippen molar-refractivity contribution < 1.29 is 13.7 Å². The summed E-state index contributed by atoms with van der Waals surface area (Å²) in [5, 5.41) is 15.1. The summed E-state index contributed by atoms with van der Waals surface area (Å²) in [6.45, 7) is 4.21. The van der Waals surface area contributed by atoms with Crippen LogP contribution in [0.25, 0.3) is 17.1 Å². The van der Waals surface area contributed by atoms with E-state index in [1.54, 1.807) is 28.8 Å². The van der Waals surface area contributed by atoms with Crippen LogP contribution in [0.3, 0.4) is 0 Å². The summed E-state index contributed by atoms with van der Waals surface area (Å²) in [6.07, 6.45) is 1.96. The van der Waals surface area contributed by atoms with E-state index < -0.39 is 0 Å². The molecule has 0 saturated heterocycles. The molecule has 0 aliphatic rings. The molecule has 148 valence electrons. The molecule has 4 rings (SSSR count). The lowest BCUT2D eigenvalue weighted by Crippen LogP contribution is -2.25. The molecular weight excluding hydrogens is 375 g/mol. The van der Waals surface area contributed by atoms with Gasteiger partial charge in [0.05, 0.1) is 13.0 Å². The Hall–Kier alpha value is -3.62. The molecule has 0 atom stereocenters. The summed E-state index contributed by atoms with van der Waals surface area (Å²) in [6, 6.07) is 9.47. The number of hydrogen-bond acceptors (Lipinski definition) is 6. The van der Waals surface area contributed by atoms with Gasteiger partial charge >= 0.3 is 0 Å². The molecule has 1 N–H and O–H groups in total. The molecule has 29 heavy (non-hydrogen) atoms. The number of halogens is 1. The van der Waals surface area contributed by atoms with E-state index in [1.165, 1.54) is 12.1 Å². The molecule has 0 unspecified atom stereocenters. The van der Waals surface area contributed by atoms with Crippen LogP contribution in [-0.4, -0.2) is 30.6 Å². The molecule has 0 aliphatic heterocycles. The van der Waals surface area contributed by atoms with Crippen molar-refractivity contribution in [2.24, 2.45) is 0 Å². The number of aromatic nitrogens is 5. The Labute approximate surface area is 165 Å². The molecule has 0 saturated carbocycles. The number of carbonyl (C=O) groups excluding carboxylic acids is 1. The van der Waals surface area contributed by atoms with Gasteiger partial charge in [0.25, 0.3) is 5.89 Å². The van der Waals surface area contributed by atoms with Gasteiger partial charge in [-0.15, -0.1) is 10.2 Å². The Morgan fingerprint density at radius 2 is 2.00 bits per heavy atom. The van der Waals surface area contributed by atoms with Crippen LogP contribution < -0.4 is 5.32 Å². The quantitative estimate of drug-likeness (QED) is 0.540. The summed E-state index contributed by atoms with van der Waals surface area (Å²) in [4.78, 5) is 16.5. The summed E-state index contributed by atoms with van der Waals surface area (Å²) in [7, 11) is 0. The second-order valence-electron chi connectivity index (χ2n) is 6.95. The third-order valence-electron chi connectivity index (χ3n) is 4.41.